The van der Waals surface area contributed by atoms with E-state index in [4.69, 9.17) is 4.74 Å². The van der Waals surface area contributed by atoms with Crippen molar-refractivity contribution < 1.29 is 9.53 Å². The number of esters is 1. The molecule has 0 bridgehead atoms. The largest absolute Gasteiger partial charge is 0.469 e. The molecule has 4 aliphatic rings. The summed E-state index contributed by atoms with van der Waals surface area (Å²) < 4.78 is 4.91. The van der Waals surface area contributed by atoms with E-state index in [2.05, 4.69) is 33.8 Å². The van der Waals surface area contributed by atoms with Gasteiger partial charge < -0.3 is 4.74 Å². The van der Waals surface area contributed by atoms with Crippen molar-refractivity contribution in [2.45, 2.75) is 98.3 Å². The van der Waals surface area contributed by atoms with Gasteiger partial charge in [-0.3, -0.25) is 4.79 Å². The number of nitriles is 1. The maximum Gasteiger partial charge on any atom is 0.305 e. The molecule has 0 N–H and O–H groups in total. The first kappa shape index (κ1) is 23.1. The second kappa shape index (κ2) is 8.72. The number of carbonyl (C=O) groups is 1. The number of rotatable bonds is 5. The molecule has 8 unspecified atom stereocenters. The number of nitrogens with zero attached hydrogens (tertiary/aromatic N) is 1. The zero-order chi connectivity index (χ0) is 22.4. The molecular formula is C28H45NO2. The van der Waals surface area contributed by atoms with Crippen LogP contribution in [0, 0.1) is 69.5 Å². The molecule has 4 aliphatic carbocycles. The molecule has 4 fully saturated rings. The molecule has 0 aromatic heterocycles. The van der Waals surface area contributed by atoms with Crippen LogP contribution in [0.1, 0.15) is 98.3 Å². The van der Waals surface area contributed by atoms with Crippen LogP contribution in [0.15, 0.2) is 0 Å². The molecule has 31 heavy (non-hydrogen) atoms. The lowest BCUT2D eigenvalue weighted by molar-refractivity contribution is -0.145. The Labute approximate surface area is 190 Å². The number of methoxy groups -OCH3 is 1. The lowest BCUT2D eigenvalue weighted by atomic mass is 9.42. The Balaban J connectivity index is 1.51. The highest BCUT2D eigenvalue weighted by atomic mass is 16.5. The van der Waals surface area contributed by atoms with Crippen LogP contribution in [-0.4, -0.2) is 13.1 Å². The monoisotopic (exact) mass is 427 g/mol. The fourth-order valence-corrected chi connectivity index (χ4v) is 9.66. The standard InChI is InChI=1S/C28H45NO2/c1-18(6-9-25(30)31-5)22-7-8-23-26-19(2)16-21-17-20(12-15-29)10-13-27(21,3)24(26)11-14-28(22,23)4/h18-24,26H,6-14,16-17H2,1-5H3/t18?,19-,20-,21?,22?,23?,24?,26?,27?,28?/m0/s1. The second-order valence-electron chi connectivity index (χ2n) is 12.5. The van der Waals surface area contributed by atoms with Crippen LogP contribution in [0.3, 0.4) is 0 Å². The van der Waals surface area contributed by atoms with Crippen molar-refractivity contribution >= 4 is 5.97 Å². The summed E-state index contributed by atoms with van der Waals surface area (Å²) in [5.74, 6) is 6.23. The van der Waals surface area contributed by atoms with E-state index < -0.39 is 0 Å². The lowest BCUT2D eigenvalue weighted by Gasteiger charge is -2.63. The molecule has 0 amide bonds. The van der Waals surface area contributed by atoms with Crippen molar-refractivity contribution in [2.24, 2.45) is 58.2 Å². The molecule has 4 rings (SSSR count). The third kappa shape index (κ3) is 3.85. The SMILES string of the molecule is COC(=O)CCC(C)C1CCC2C3C(CCC12C)C1(C)CC[C@@H](CC#N)CC1C[C@@H]3C. The van der Waals surface area contributed by atoms with Gasteiger partial charge in [0.15, 0.2) is 0 Å². The highest BCUT2D eigenvalue weighted by molar-refractivity contribution is 5.69. The molecule has 4 saturated carbocycles. The molecular weight excluding hydrogens is 382 g/mol. The zero-order valence-electron chi connectivity index (χ0n) is 20.7. The Morgan fingerprint density at radius 2 is 1.81 bits per heavy atom. The minimum Gasteiger partial charge on any atom is -0.469 e. The summed E-state index contributed by atoms with van der Waals surface area (Å²) in [5, 5.41) is 9.23. The third-order valence-electron chi connectivity index (χ3n) is 11.3. The van der Waals surface area contributed by atoms with Gasteiger partial charge >= 0.3 is 5.97 Å². The maximum absolute atomic E-state index is 11.7. The predicted molar refractivity (Wildman–Crippen MR) is 124 cm³/mol. The quantitative estimate of drug-likeness (QED) is 0.443. The minimum absolute atomic E-state index is 0.0536. The molecule has 174 valence electrons. The number of hydrogen-bond acceptors (Lipinski definition) is 3. The zero-order valence-corrected chi connectivity index (χ0v) is 20.7. The molecule has 10 atom stereocenters. The van der Waals surface area contributed by atoms with Crippen LogP contribution in [0.5, 0.6) is 0 Å². The van der Waals surface area contributed by atoms with Crippen LogP contribution < -0.4 is 0 Å². The van der Waals surface area contributed by atoms with Crippen LogP contribution in [0.25, 0.3) is 0 Å². The van der Waals surface area contributed by atoms with Crippen LogP contribution in [-0.2, 0) is 9.53 Å². The fourth-order valence-electron chi connectivity index (χ4n) is 9.66. The first-order chi connectivity index (χ1) is 14.7. The summed E-state index contributed by atoms with van der Waals surface area (Å²) in [6, 6.07) is 2.46. The molecule has 0 aliphatic heterocycles. The van der Waals surface area contributed by atoms with Gasteiger partial charge in [-0.25, -0.2) is 0 Å². The van der Waals surface area contributed by atoms with Crippen LogP contribution in [0.4, 0.5) is 0 Å². The second-order valence-corrected chi connectivity index (χ2v) is 12.5. The normalized spacial score (nSPS) is 47.4. The average Bonchev–Trinajstić information content (AvgIpc) is 3.10. The van der Waals surface area contributed by atoms with Gasteiger partial charge in [0, 0.05) is 12.8 Å². The van der Waals surface area contributed by atoms with E-state index in [1.807, 2.05) is 0 Å². The Bertz CT molecular complexity index is 712. The van der Waals surface area contributed by atoms with Gasteiger partial charge in [0.05, 0.1) is 13.2 Å². The van der Waals surface area contributed by atoms with Gasteiger partial charge in [-0.2, -0.15) is 5.26 Å². The number of carbonyl (C=O) groups excluding carboxylic acids is 1. The Morgan fingerprint density at radius 1 is 1.10 bits per heavy atom. The van der Waals surface area contributed by atoms with Crippen molar-refractivity contribution in [3.05, 3.63) is 0 Å². The molecule has 0 radical (unpaired) electrons. The van der Waals surface area contributed by atoms with Crippen molar-refractivity contribution in [1.82, 2.24) is 0 Å². The maximum atomic E-state index is 11.7. The topological polar surface area (TPSA) is 50.1 Å². The van der Waals surface area contributed by atoms with Gasteiger partial charge in [-0.05, 0) is 116 Å². The van der Waals surface area contributed by atoms with E-state index in [0.717, 1.165) is 48.3 Å². The molecule has 0 aromatic rings. The summed E-state index contributed by atoms with van der Waals surface area (Å²) >= 11 is 0. The predicted octanol–water partition coefficient (Wildman–Crippen LogP) is 7.01. The lowest BCUT2D eigenvalue weighted by Crippen LogP contribution is -2.56. The summed E-state index contributed by atoms with van der Waals surface area (Å²) in [6.45, 7) is 10.2. The first-order valence-electron chi connectivity index (χ1n) is 13.2. The summed E-state index contributed by atoms with van der Waals surface area (Å²) in [7, 11) is 1.51. The first-order valence-corrected chi connectivity index (χ1v) is 13.2. The van der Waals surface area contributed by atoms with Gasteiger partial charge in [0.1, 0.15) is 0 Å². The fraction of sp³-hybridized carbons (Fsp3) is 0.929. The molecule has 0 heterocycles. The summed E-state index contributed by atoms with van der Waals surface area (Å²) in [5.41, 5.74) is 0.950. The van der Waals surface area contributed by atoms with E-state index in [9.17, 15) is 10.1 Å². The van der Waals surface area contributed by atoms with Gasteiger partial charge in [-0.1, -0.05) is 27.7 Å². The third-order valence-corrected chi connectivity index (χ3v) is 11.3. The van der Waals surface area contributed by atoms with E-state index in [-0.39, 0.29) is 5.97 Å². The minimum atomic E-state index is -0.0536. The van der Waals surface area contributed by atoms with Crippen molar-refractivity contribution in [3.63, 3.8) is 0 Å². The van der Waals surface area contributed by atoms with Crippen molar-refractivity contribution in [1.29, 1.82) is 5.26 Å². The molecule has 0 aromatic carbocycles. The van der Waals surface area contributed by atoms with E-state index in [1.165, 1.54) is 58.5 Å². The summed E-state index contributed by atoms with van der Waals surface area (Å²) in [4.78, 5) is 11.7. The Hall–Kier alpha value is -1.04. The van der Waals surface area contributed by atoms with Gasteiger partial charge in [0.2, 0.25) is 0 Å². The molecule has 3 heteroatoms. The molecule has 3 nitrogen and oxygen atoms in total. The number of ether oxygens (including phenoxy) is 1. The van der Waals surface area contributed by atoms with Crippen molar-refractivity contribution in [3.8, 4) is 6.07 Å². The van der Waals surface area contributed by atoms with Gasteiger partial charge in [-0.15, -0.1) is 0 Å². The van der Waals surface area contributed by atoms with E-state index >= 15 is 0 Å². The number of hydrogen-bond donors (Lipinski definition) is 0. The Kier molecular flexibility index (Phi) is 6.50. The van der Waals surface area contributed by atoms with Crippen LogP contribution in [0.2, 0.25) is 0 Å². The van der Waals surface area contributed by atoms with Crippen molar-refractivity contribution in [2.75, 3.05) is 7.11 Å². The highest BCUT2D eigenvalue weighted by Crippen LogP contribution is 2.69. The van der Waals surface area contributed by atoms with Crippen LogP contribution >= 0.6 is 0 Å². The Morgan fingerprint density at radius 3 is 2.52 bits per heavy atom. The van der Waals surface area contributed by atoms with E-state index in [0.29, 0.717) is 29.1 Å². The van der Waals surface area contributed by atoms with Gasteiger partial charge in [0.25, 0.3) is 0 Å². The smallest absolute Gasteiger partial charge is 0.305 e. The molecule has 0 saturated heterocycles. The van der Waals surface area contributed by atoms with E-state index in [1.54, 1.807) is 0 Å². The number of fused-ring (bicyclic) bond motifs is 5. The highest BCUT2D eigenvalue weighted by Gasteiger charge is 2.62. The average molecular weight is 428 g/mol. The molecule has 0 spiro atoms. The summed E-state index contributed by atoms with van der Waals surface area (Å²) in [6.07, 6.45) is 13.1.